The maximum absolute atomic E-state index is 11.8. The first-order valence-corrected chi connectivity index (χ1v) is 7.46. The van der Waals surface area contributed by atoms with Crippen LogP contribution in [0, 0.1) is 12.8 Å². The molecule has 1 aromatic rings. The molecule has 0 aliphatic rings. The first-order valence-electron chi connectivity index (χ1n) is 6.58. The van der Waals surface area contributed by atoms with E-state index in [0.717, 1.165) is 12.1 Å². The molecule has 0 radical (unpaired) electrons. The van der Waals surface area contributed by atoms with E-state index in [1.165, 1.54) is 11.3 Å². The van der Waals surface area contributed by atoms with E-state index in [9.17, 15) is 9.59 Å². The Bertz CT molecular complexity index is 465. The number of nitrogens with one attached hydrogen (secondary N) is 1. The molecule has 3 N–H and O–H groups in total. The van der Waals surface area contributed by atoms with Crippen LogP contribution in [0.4, 0.5) is 0 Å². The molecule has 6 heteroatoms. The standard InChI is InChI=1S/C13H23N3O2S/c1-9(2)6-11(7-14)15-12(17)4-5-16-10(3)8-19-13(16)18/h8-9,11H,4-7,14H2,1-3H3,(H,15,17). The Kier molecular flexibility index (Phi) is 6.24. The van der Waals surface area contributed by atoms with E-state index < -0.39 is 0 Å². The van der Waals surface area contributed by atoms with Crippen LogP contribution in [0.3, 0.4) is 0 Å². The van der Waals surface area contributed by atoms with E-state index in [1.54, 1.807) is 4.57 Å². The zero-order valence-electron chi connectivity index (χ0n) is 11.8. The van der Waals surface area contributed by atoms with Gasteiger partial charge in [-0.3, -0.25) is 9.59 Å². The third-order valence-electron chi connectivity index (χ3n) is 2.94. The van der Waals surface area contributed by atoms with Crippen LogP contribution < -0.4 is 15.9 Å². The molecule has 0 bridgehead atoms. The normalized spacial score (nSPS) is 12.7. The maximum Gasteiger partial charge on any atom is 0.307 e. The van der Waals surface area contributed by atoms with Crippen molar-refractivity contribution in [2.45, 2.75) is 46.2 Å². The summed E-state index contributed by atoms with van der Waals surface area (Å²) in [5.41, 5.74) is 6.54. The number of hydrogen-bond donors (Lipinski definition) is 2. The Morgan fingerprint density at radius 1 is 1.53 bits per heavy atom. The molecule has 1 atom stereocenters. The molecule has 0 aromatic carbocycles. The molecule has 0 fully saturated rings. The van der Waals surface area contributed by atoms with Crippen molar-refractivity contribution in [2.75, 3.05) is 6.54 Å². The molecule has 0 aliphatic heterocycles. The molecule has 0 saturated carbocycles. The molecule has 1 unspecified atom stereocenters. The SMILES string of the molecule is Cc1csc(=O)n1CCC(=O)NC(CN)CC(C)C. The molecule has 0 saturated heterocycles. The largest absolute Gasteiger partial charge is 0.352 e. The van der Waals surface area contributed by atoms with E-state index in [1.807, 2.05) is 12.3 Å². The first-order chi connectivity index (χ1) is 8.93. The fourth-order valence-electron chi connectivity index (χ4n) is 1.97. The number of hydrogen-bond acceptors (Lipinski definition) is 4. The van der Waals surface area contributed by atoms with Crippen molar-refractivity contribution in [3.05, 3.63) is 20.7 Å². The molecule has 5 nitrogen and oxygen atoms in total. The summed E-state index contributed by atoms with van der Waals surface area (Å²) < 4.78 is 1.63. The van der Waals surface area contributed by atoms with Gasteiger partial charge in [0, 0.05) is 36.6 Å². The van der Waals surface area contributed by atoms with Crippen molar-refractivity contribution >= 4 is 17.2 Å². The Morgan fingerprint density at radius 3 is 2.68 bits per heavy atom. The smallest absolute Gasteiger partial charge is 0.307 e. The van der Waals surface area contributed by atoms with E-state index in [-0.39, 0.29) is 16.8 Å². The van der Waals surface area contributed by atoms with Crippen molar-refractivity contribution in [3.63, 3.8) is 0 Å². The van der Waals surface area contributed by atoms with Crippen LogP contribution in [0.5, 0.6) is 0 Å². The zero-order chi connectivity index (χ0) is 14.4. The average molecular weight is 285 g/mol. The lowest BCUT2D eigenvalue weighted by Gasteiger charge is -2.18. The minimum Gasteiger partial charge on any atom is -0.352 e. The number of aryl methyl sites for hydroxylation is 1. The minimum absolute atomic E-state index is 0.0112. The van der Waals surface area contributed by atoms with E-state index in [4.69, 9.17) is 5.73 Å². The quantitative estimate of drug-likeness (QED) is 0.787. The molecule has 0 spiro atoms. The minimum atomic E-state index is -0.0476. The fourth-order valence-corrected chi connectivity index (χ4v) is 2.73. The van der Waals surface area contributed by atoms with Crippen molar-refractivity contribution in [1.82, 2.24) is 9.88 Å². The van der Waals surface area contributed by atoms with Gasteiger partial charge in [0.25, 0.3) is 0 Å². The van der Waals surface area contributed by atoms with E-state index in [2.05, 4.69) is 19.2 Å². The number of thiazole rings is 1. The van der Waals surface area contributed by atoms with Crippen LogP contribution in [-0.4, -0.2) is 23.1 Å². The molecular formula is C13H23N3O2S. The van der Waals surface area contributed by atoms with Crippen LogP contribution in [-0.2, 0) is 11.3 Å². The zero-order valence-corrected chi connectivity index (χ0v) is 12.6. The Balaban J connectivity index is 2.45. The van der Waals surface area contributed by atoms with Crippen LogP contribution >= 0.6 is 11.3 Å². The van der Waals surface area contributed by atoms with Crippen molar-refractivity contribution in [1.29, 1.82) is 0 Å². The lowest BCUT2D eigenvalue weighted by atomic mass is 10.0. The highest BCUT2D eigenvalue weighted by Gasteiger charge is 2.13. The van der Waals surface area contributed by atoms with Gasteiger partial charge in [0.1, 0.15) is 0 Å². The summed E-state index contributed by atoms with van der Waals surface area (Å²) in [7, 11) is 0. The summed E-state index contributed by atoms with van der Waals surface area (Å²) in [6.45, 7) is 6.95. The van der Waals surface area contributed by atoms with Gasteiger partial charge in [0.2, 0.25) is 5.91 Å². The molecule has 1 rings (SSSR count). The lowest BCUT2D eigenvalue weighted by Crippen LogP contribution is -2.41. The summed E-state index contributed by atoms with van der Waals surface area (Å²) in [5.74, 6) is 0.448. The summed E-state index contributed by atoms with van der Waals surface area (Å²) in [5, 5.41) is 4.73. The number of amides is 1. The molecule has 1 aromatic heterocycles. The molecule has 108 valence electrons. The number of nitrogens with two attached hydrogens (primary N) is 1. The third kappa shape index (κ3) is 5.16. The van der Waals surface area contributed by atoms with Crippen LogP contribution in [0.2, 0.25) is 0 Å². The number of rotatable bonds is 7. The number of carbonyl (C=O) groups excluding carboxylic acids is 1. The third-order valence-corrected chi connectivity index (χ3v) is 3.83. The first kappa shape index (κ1) is 15.9. The van der Waals surface area contributed by atoms with Crippen molar-refractivity contribution < 1.29 is 4.79 Å². The van der Waals surface area contributed by atoms with Crippen LogP contribution in [0.15, 0.2) is 10.2 Å². The van der Waals surface area contributed by atoms with Gasteiger partial charge >= 0.3 is 4.87 Å². The summed E-state index contributed by atoms with van der Waals surface area (Å²) in [4.78, 5) is 23.3. The van der Waals surface area contributed by atoms with Crippen molar-refractivity contribution in [3.8, 4) is 0 Å². The number of nitrogens with zero attached hydrogens (tertiary/aromatic N) is 1. The lowest BCUT2D eigenvalue weighted by molar-refractivity contribution is -0.122. The van der Waals surface area contributed by atoms with Gasteiger partial charge in [-0.05, 0) is 19.3 Å². The monoisotopic (exact) mass is 285 g/mol. The van der Waals surface area contributed by atoms with Gasteiger partial charge in [-0.15, -0.1) is 0 Å². The van der Waals surface area contributed by atoms with E-state index in [0.29, 0.717) is 25.4 Å². The second-order valence-electron chi connectivity index (χ2n) is 5.17. The van der Waals surface area contributed by atoms with Gasteiger partial charge in [-0.25, -0.2) is 0 Å². The Hall–Kier alpha value is -1.14. The predicted octanol–water partition coefficient (Wildman–Crippen LogP) is 1.10. The van der Waals surface area contributed by atoms with Crippen LogP contribution in [0.1, 0.15) is 32.4 Å². The average Bonchev–Trinajstić information content (AvgIpc) is 2.65. The van der Waals surface area contributed by atoms with Gasteiger partial charge < -0.3 is 15.6 Å². The molecule has 0 aliphatic carbocycles. The highest BCUT2D eigenvalue weighted by Crippen LogP contribution is 2.04. The summed E-state index contributed by atoms with van der Waals surface area (Å²) in [6, 6.07) is 0.0211. The second kappa shape index (κ2) is 7.45. The number of aromatic nitrogens is 1. The Labute approximate surface area is 117 Å². The second-order valence-corrected chi connectivity index (χ2v) is 5.99. The predicted molar refractivity (Wildman–Crippen MR) is 78.4 cm³/mol. The Morgan fingerprint density at radius 2 is 2.21 bits per heavy atom. The molecule has 1 amide bonds. The molecule has 1 heterocycles. The summed E-state index contributed by atoms with van der Waals surface area (Å²) in [6.07, 6.45) is 1.19. The van der Waals surface area contributed by atoms with Gasteiger partial charge in [-0.1, -0.05) is 25.2 Å². The van der Waals surface area contributed by atoms with Gasteiger partial charge in [-0.2, -0.15) is 0 Å². The maximum atomic E-state index is 11.8. The number of carbonyl (C=O) groups is 1. The van der Waals surface area contributed by atoms with E-state index >= 15 is 0 Å². The molecule has 19 heavy (non-hydrogen) atoms. The van der Waals surface area contributed by atoms with Crippen molar-refractivity contribution in [2.24, 2.45) is 11.7 Å². The topological polar surface area (TPSA) is 77.1 Å². The molecular weight excluding hydrogens is 262 g/mol. The highest BCUT2D eigenvalue weighted by molar-refractivity contribution is 7.07. The van der Waals surface area contributed by atoms with Crippen LogP contribution in [0.25, 0.3) is 0 Å². The van der Waals surface area contributed by atoms with Gasteiger partial charge in [0.05, 0.1) is 0 Å². The summed E-state index contributed by atoms with van der Waals surface area (Å²) >= 11 is 1.17. The van der Waals surface area contributed by atoms with Gasteiger partial charge in [0.15, 0.2) is 0 Å². The fraction of sp³-hybridized carbons (Fsp3) is 0.692. The highest BCUT2D eigenvalue weighted by atomic mass is 32.1.